The molecule has 19 heteroatoms. The van der Waals surface area contributed by atoms with Gasteiger partial charge in [-0.1, -0.05) is 43.2 Å². The Hall–Kier alpha value is -5.92. The Morgan fingerprint density at radius 2 is 1.82 bits per heavy atom. The molecule has 3 saturated heterocycles. The smallest absolute Gasteiger partial charge is 0.297 e. The van der Waals surface area contributed by atoms with Gasteiger partial charge in [0.2, 0.25) is 15.7 Å². The number of H-pyrrole nitrogens is 1. The molecule has 3 fully saturated rings. The maximum absolute atomic E-state index is 15.8. The molecule has 3 aromatic carbocycles. The van der Waals surface area contributed by atoms with Crippen LogP contribution in [0.2, 0.25) is 5.02 Å². The molecule has 2 aromatic heterocycles. The molecule has 11 rings (SSSR count). The highest BCUT2D eigenvalue weighted by Crippen LogP contribution is 2.49. The lowest BCUT2D eigenvalue weighted by Gasteiger charge is -2.40. The van der Waals surface area contributed by atoms with Crippen LogP contribution in [0.15, 0.2) is 82.2 Å². The third-order valence-corrected chi connectivity index (χ3v) is 16.6. The van der Waals surface area contributed by atoms with Gasteiger partial charge in [-0.2, -0.15) is 4.98 Å². The average Bonchev–Trinajstić information content (AvgIpc) is 4.09. The first-order chi connectivity index (χ1) is 32.7. The highest BCUT2D eigenvalue weighted by molar-refractivity contribution is 7.91. The Bertz CT molecular complexity index is 2990. The molecule has 5 aliphatic heterocycles. The number of pyridine rings is 1. The predicted molar refractivity (Wildman–Crippen MR) is 259 cm³/mol. The van der Waals surface area contributed by atoms with Gasteiger partial charge in [-0.05, 0) is 78.6 Å². The van der Waals surface area contributed by atoms with Crippen LogP contribution in [0, 0.1) is 15.5 Å². The van der Waals surface area contributed by atoms with E-state index in [1.165, 1.54) is 22.8 Å². The van der Waals surface area contributed by atoms with Gasteiger partial charge in [0.25, 0.3) is 11.6 Å². The van der Waals surface area contributed by atoms with E-state index < -0.39 is 26.4 Å². The standard InChI is InChI=1S/C49H54ClN9O8S/c1-49(2)11-9-31(38(23-49)29-3-5-32(50)6-4-29)24-55-13-15-56(16-14-55)39-8-7-37(46(51)60)44(58-17-18-65-48-41(58)19-30-10-12-52-47(30)54-48)45(39)68(63,64)36-21-40(59(61)62)43-42(22-36)67-27-33(53-43)25-57-26-35-20-34(57)28-66-35/h3-8,10,12,19,21-22,33-35,53H,9,11,13-18,20,23-28H2,1-2H3,(H2,51,60)(H,52,54)/t33-,34-,35-/m0/s1. The number of nitrogens with zero attached hydrogens (tertiary/aromatic N) is 6. The quantitative estimate of drug-likeness (QED) is 0.0901. The summed E-state index contributed by atoms with van der Waals surface area (Å²) in [7, 11) is -4.73. The van der Waals surface area contributed by atoms with Gasteiger partial charge in [0.15, 0.2) is 11.4 Å². The fraction of sp³-hybridized carbons (Fsp3) is 0.429. The number of nitro groups is 1. The first-order valence-corrected chi connectivity index (χ1v) is 25.2. The van der Waals surface area contributed by atoms with Gasteiger partial charge in [-0.15, -0.1) is 0 Å². The van der Waals surface area contributed by atoms with E-state index >= 15 is 8.42 Å². The topological polar surface area (TPSA) is 202 Å². The number of aromatic nitrogens is 2. The molecular weight excluding hydrogens is 910 g/mol. The highest BCUT2D eigenvalue weighted by atomic mass is 35.5. The van der Waals surface area contributed by atoms with Crippen molar-refractivity contribution in [2.75, 3.05) is 87.3 Å². The lowest BCUT2D eigenvalue weighted by Crippen LogP contribution is -2.47. The zero-order valence-electron chi connectivity index (χ0n) is 38.0. The normalized spacial score (nSPS) is 22.7. The minimum absolute atomic E-state index is 0.0379. The van der Waals surface area contributed by atoms with Crippen LogP contribution in [-0.4, -0.2) is 129 Å². The summed E-state index contributed by atoms with van der Waals surface area (Å²) >= 11 is 6.30. The number of aromatic amines is 1. The number of hydrogen-bond donors (Lipinski definition) is 3. The molecule has 0 unspecified atom stereocenters. The second-order valence-corrected chi connectivity index (χ2v) is 21.9. The summed E-state index contributed by atoms with van der Waals surface area (Å²) in [5.41, 5.74) is 11.3. The first kappa shape index (κ1) is 44.6. The molecule has 1 amide bonds. The number of sulfone groups is 1. The maximum Gasteiger partial charge on any atom is 0.297 e. The van der Waals surface area contributed by atoms with Crippen molar-refractivity contribution in [2.24, 2.45) is 11.1 Å². The minimum atomic E-state index is -4.73. The van der Waals surface area contributed by atoms with E-state index in [1.807, 2.05) is 29.2 Å². The molecule has 6 aliphatic rings. The monoisotopic (exact) mass is 963 g/mol. The molecule has 17 nitrogen and oxygen atoms in total. The number of benzene rings is 3. The number of carbonyl (C=O) groups excluding carboxylic acids is 1. The van der Waals surface area contributed by atoms with E-state index in [0.29, 0.717) is 61.4 Å². The number of primary amides is 1. The second kappa shape index (κ2) is 17.2. The number of amides is 1. The zero-order chi connectivity index (χ0) is 47.1. The third-order valence-electron chi connectivity index (χ3n) is 14.6. The summed E-state index contributed by atoms with van der Waals surface area (Å²) in [6, 6.07) is 17.4. The molecule has 0 saturated carbocycles. The van der Waals surface area contributed by atoms with E-state index in [4.69, 9.17) is 36.5 Å². The minimum Gasteiger partial charge on any atom is -0.489 e. The fourth-order valence-electron chi connectivity index (χ4n) is 11.0. The van der Waals surface area contributed by atoms with E-state index in [9.17, 15) is 14.9 Å². The molecule has 68 heavy (non-hydrogen) atoms. The van der Waals surface area contributed by atoms with E-state index in [-0.39, 0.29) is 81.7 Å². The van der Waals surface area contributed by atoms with E-state index in [1.54, 1.807) is 23.2 Å². The van der Waals surface area contributed by atoms with Crippen LogP contribution < -0.4 is 30.3 Å². The largest absolute Gasteiger partial charge is 0.489 e. The number of ether oxygens (including phenoxy) is 3. The molecule has 7 heterocycles. The summed E-state index contributed by atoms with van der Waals surface area (Å²) in [4.78, 5) is 41.6. The number of rotatable bonds is 11. The first-order valence-electron chi connectivity index (χ1n) is 23.3. The van der Waals surface area contributed by atoms with Crippen molar-refractivity contribution in [3.05, 3.63) is 98.7 Å². The van der Waals surface area contributed by atoms with Crippen LogP contribution in [0.1, 0.15) is 55.5 Å². The molecule has 356 valence electrons. The van der Waals surface area contributed by atoms with Crippen LogP contribution in [0.25, 0.3) is 16.6 Å². The zero-order valence-corrected chi connectivity index (χ0v) is 39.6. The summed E-state index contributed by atoms with van der Waals surface area (Å²) in [6.07, 6.45) is 5.88. The van der Waals surface area contributed by atoms with Crippen molar-refractivity contribution >= 4 is 72.4 Å². The van der Waals surface area contributed by atoms with Crippen molar-refractivity contribution in [3.8, 4) is 11.6 Å². The van der Waals surface area contributed by atoms with Crippen LogP contribution in [0.3, 0.4) is 0 Å². The van der Waals surface area contributed by atoms with E-state index in [0.717, 1.165) is 50.2 Å². The SMILES string of the molecule is CC1(C)CCC(CN2CCN(c3ccc(C(N)=O)c(N4CCOc5nc6[nH]ccc6cc54)c3S(=O)(=O)c3cc4c(c([N+](=O)[O-])c3)N[C@@H](CN3C[C@@H]5C[C@H]3CO5)CO4)CC2)=C(c2ccc(Cl)cc2)C1. The van der Waals surface area contributed by atoms with Crippen LogP contribution in [-0.2, 0) is 14.6 Å². The second-order valence-electron chi connectivity index (χ2n) is 19.6. The van der Waals surface area contributed by atoms with Crippen molar-refractivity contribution < 1.29 is 32.3 Å². The van der Waals surface area contributed by atoms with Crippen LogP contribution in [0.4, 0.5) is 28.4 Å². The number of halogens is 1. The number of morpholine rings is 1. The number of nitrogens with two attached hydrogens (primary N) is 1. The number of nitro benzene ring substituents is 1. The Morgan fingerprint density at radius 1 is 1.01 bits per heavy atom. The Morgan fingerprint density at radius 3 is 2.56 bits per heavy atom. The number of hydrogen-bond acceptors (Lipinski definition) is 14. The van der Waals surface area contributed by atoms with Gasteiger partial charge in [0.1, 0.15) is 29.4 Å². The summed E-state index contributed by atoms with van der Waals surface area (Å²) in [5, 5.41) is 17.7. The lowest BCUT2D eigenvalue weighted by atomic mass is 9.72. The van der Waals surface area contributed by atoms with Gasteiger partial charge in [0.05, 0.1) is 52.1 Å². The third kappa shape index (κ3) is 8.18. The van der Waals surface area contributed by atoms with E-state index in [2.05, 4.69) is 46.1 Å². The Labute approximate surface area is 399 Å². The molecule has 0 spiro atoms. The molecule has 3 atom stereocenters. The van der Waals surface area contributed by atoms with Crippen molar-refractivity contribution in [1.29, 1.82) is 0 Å². The van der Waals surface area contributed by atoms with Gasteiger partial charge in [-0.25, -0.2) is 8.42 Å². The number of nitrogens with one attached hydrogen (secondary N) is 2. The predicted octanol–water partition coefficient (Wildman–Crippen LogP) is 7.02. The lowest BCUT2D eigenvalue weighted by molar-refractivity contribution is -0.384. The molecule has 4 N–H and O–H groups in total. The van der Waals surface area contributed by atoms with Crippen LogP contribution >= 0.6 is 11.6 Å². The molecule has 2 bridgehead atoms. The van der Waals surface area contributed by atoms with Crippen LogP contribution in [0.5, 0.6) is 11.6 Å². The number of allylic oxidation sites excluding steroid dienone is 1. The van der Waals surface area contributed by atoms with Crippen molar-refractivity contribution in [3.63, 3.8) is 0 Å². The summed E-state index contributed by atoms with van der Waals surface area (Å²) < 4.78 is 49.7. The fourth-order valence-corrected chi connectivity index (χ4v) is 12.9. The summed E-state index contributed by atoms with van der Waals surface area (Å²) in [6.45, 7) is 10.0. The molecule has 0 radical (unpaired) electrons. The number of anilines is 4. The van der Waals surface area contributed by atoms with Gasteiger partial charge in [-0.3, -0.25) is 24.7 Å². The molecule has 1 aliphatic carbocycles. The number of piperazine rings is 1. The van der Waals surface area contributed by atoms with Gasteiger partial charge >= 0.3 is 0 Å². The average molecular weight is 965 g/mol. The van der Waals surface area contributed by atoms with Crippen molar-refractivity contribution in [1.82, 2.24) is 19.8 Å². The Kier molecular flexibility index (Phi) is 11.3. The summed E-state index contributed by atoms with van der Waals surface area (Å²) in [5.74, 6) is -0.544. The number of likely N-dealkylation sites (tertiary alicyclic amines) is 1. The Balaban J connectivity index is 0.981. The number of fused-ring (bicyclic) bond motifs is 5. The molecule has 5 aromatic rings. The maximum atomic E-state index is 15.8. The number of carbonyl (C=O) groups is 1. The van der Waals surface area contributed by atoms with Gasteiger partial charge < -0.3 is 40.0 Å². The van der Waals surface area contributed by atoms with Gasteiger partial charge in [0, 0.05) is 80.6 Å². The molecular formula is C49H54ClN9O8S. The van der Waals surface area contributed by atoms with Crippen molar-refractivity contribution in [2.45, 2.75) is 67.5 Å². The highest BCUT2D eigenvalue weighted by Gasteiger charge is 2.42.